The van der Waals surface area contributed by atoms with Crippen LogP contribution in [-0.2, 0) is 4.79 Å². The Labute approximate surface area is 121 Å². The predicted molar refractivity (Wildman–Crippen MR) is 78.6 cm³/mol. The summed E-state index contributed by atoms with van der Waals surface area (Å²) in [5.41, 5.74) is 0. The third kappa shape index (κ3) is 5.39. The second kappa shape index (κ2) is 8.12. The van der Waals surface area contributed by atoms with E-state index < -0.39 is 5.97 Å². The number of amides is 2. The molecule has 0 radical (unpaired) electrons. The molecule has 2 amide bonds. The van der Waals surface area contributed by atoms with Crippen molar-refractivity contribution in [2.75, 3.05) is 0 Å². The van der Waals surface area contributed by atoms with Gasteiger partial charge in [0, 0.05) is 18.5 Å². The van der Waals surface area contributed by atoms with Crippen LogP contribution in [0.5, 0.6) is 0 Å². The lowest BCUT2D eigenvalue weighted by Crippen LogP contribution is -2.46. The highest BCUT2D eigenvalue weighted by Gasteiger charge is 2.32. The fourth-order valence-electron chi connectivity index (χ4n) is 3.09. The maximum Gasteiger partial charge on any atom is 0.315 e. The number of hydrogen-bond acceptors (Lipinski definition) is 2. The lowest BCUT2D eigenvalue weighted by Gasteiger charge is -2.22. The smallest absolute Gasteiger partial charge is 0.315 e. The van der Waals surface area contributed by atoms with E-state index in [1.807, 2.05) is 6.92 Å². The van der Waals surface area contributed by atoms with Crippen molar-refractivity contribution < 1.29 is 14.7 Å². The van der Waals surface area contributed by atoms with Crippen molar-refractivity contribution in [3.05, 3.63) is 0 Å². The molecule has 0 heterocycles. The standard InChI is InChI=1S/C15H28N2O3/c1-4-12-8-9-13(11(12)3)17-15(20)16-10(2)6-5-7-14(18)19/h10-13H,4-9H2,1-3H3,(H,18,19)(H2,16,17,20). The molecule has 1 aliphatic carbocycles. The topological polar surface area (TPSA) is 78.4 Å². The van der Waals surface area contributed by atoms with Crippen LogP contribution in [0.15, 0.2) is 0 Å². The first-order valence-corrected chi connectivity index (χ1v) is 7.72. The van der Waals surface area contributed by atoms with Crippen LogP contribution in [0.3, 0.4) is 0 Å². The number of nitrogens with one attached hydrogen (secondary N) is 2. The zero-order valence-electron chi connectivity index (χ0n) is 12.8. The van der Waals surface area contributed by atoms with E-state index in [1.165, 1.54) is 12.8 Å². The first-order valence-electron chi connectivity index (χ1n) is 7.72. The molecule has 5 heteroatoms. The van der Waals surface area contributed by atoms with Crippen LogP contribution in [0.25, 0.3) is 0 Å². The molecule has 116 valence electrons. The van der Waals surface area contributed by atoms with Gasteiger partial charge in [0.2, 0.25) is 0 Å². The van der Waals surface area contributed by atoms with Crippen molar-refractivity contribution in [1.29, 1.82) is 0 Å². The average molecular weight is 284 g/mol. The number of carboxylic acid groups (broad SMARTS) is 1. The normalized spacial score (nSPS) is 27.1. The van der Waals surface area contributed by atoms with E-state index in [2.05, 4.69) is 24.5 Å². The van der Waals surface area contributed by atoms with Crippen LogP contribution in [0, 0.1) is 11.8 Å². The maximum atomic E-state index is 11.9. The third-order valence-corrected chi connectivity index (χ3v) is 4.47. The number of urea groups is 1. The molecule has 4 atom stereocenters. The molecule has 0 aromatic rings. The Morgan fingerprint density at radius 3 is 2.60 bits per heavy atom. The molecule has 1 saturated carbocycles. The van der Waals surface area contributed by atoms with Gasteiger partial charge in [0.1, 0.15) is 0 Å². The summed E-state index contributed by atoms with van der Waals surface area (Å²) in [7, 11) is 0. The van der Waals surface area contributed by atoms with E-state index in [0.717, 1.165) is 6.42 Å². The van der Waals surface area contributed by atoms with E-state index >= 15 is 0 Å². The Hall–Kier alpha value is -1.26. The molecule has 1 aliphatic rings. The zero-order valence-corrected chi connectivity index (χ0v) is 12.8. The SMILES string of the molecule is CCC1CCC(NC(=O)NC(C)CCCC(=O)O)C1C. The Bertz CT molecular complexity index is 333. The van der Waals surface area contributed by atoms with E-state index in [-0.39, 0.29) is 24.5 Å². The van der Waals surface area contributed by atoms with Gasteiger partial charge in [-0.15, -0.1) is 0 Å². The van der Waals surface area contributed by atoms with E-state index in [1.54, 1.807) is 0 Å². The van der Waals surface area contributed by atoms with Crippen molar-refractivity contribution in [3.63, 3.8) is 0 Å². The van der Waals surface area contributed by atoms with Crippen LogP contribution in [0.4, 0.5) is 4.79 Å². The molecule has 0 aromatic heterocycles. The summed E-state index contributed by atoms with van der Waals surface area (Å²) < 4.78 is 0. The van der Waals surface area contributed by atoms with Gasteiger partial charge in [-0.25, -0.2) is 4.79 Å². The van der Waals surface area contributed by atoms with Gasteiger partial charge in [-0.1, -0.05) is 20.3 Å². The molecule has 1 rings (SSSR count). The minimum absolute atomic E-state index is 0.00744. The van der Waals surface area contributed by atoms with Gasteiger partial charge in [0.15, 0.2) is 0 Å². The number of aliphatic carboxylic acids is 1. The number of carbonyl (C=O) groups excluding carboxylic acids is 1. The molecule has 0 aromatic carbocycles. The quantitative estimate of drug-likeness (QED) is 0.672. The largest absolute Gasteiger partial charge is 0.481 e. The summed E-state index contributed by atoms with van der Waals surface area (Å²) in [5.74, 6) is 0.466. The molecule has 4 unspecified atom stereocenters. The lowest BCUT2D eigenvalue weighted by molar-refractivity contribution is -0.137. The summed E-state index contributed by atoms with van der Waals surface area (Å²) in [4.78, 5) is 22.3. The third-order valence-electron chi connectivity index (χ3n) is 4.47. The van der Waals surface area contributed by atoms with E-state index in [4.69, 9.17) is 5.11 Å². The lowest BCUT2D eigenvalue weighted by atomic mass is 9.93. The average Bonchev–Trinajstić information content (AvgIpc) is 2.69. The molecule has 0 spiro atoms. The van der Waals surface area contributed by atoms with Gasteiger partial charge < -0.3 is 15.7 Å². The minimum atomic E-state index is -0.785. The van der Waals surface area contributed by atoms with Gasteiger partial charge in [0.25, 0.3) is 0 Å². The first kappa shape index (κ1) is 16.8. The van der Waals surface area contributed by atoms with E-state index in [0.29, 0.717) is 24.7 Å². The molecule has 1 fully saturated rings. The van der Waals surface area contributed by atoms with Gasteiger partial charge >= 0.3 is 12.0 Å². The van der Waals surface area contributed by atoms with Gasteiger partial charge in [-0.2, -0.15) is 0 Å². The second-order valence-electron chi connectivity index (χ2n) is 6.02. The van der Waals surface area contributed by atoms with Crippen molar-refractivity contribution in [2.45, 2.75) is 71.4 Å². The van der Waals surface area contributed by atoms with Crippen molar-refractivity contribution in [2.24, 2.45) is 11.8 Å². The van der Waals surface area contributed by atoms with Crippen LogP contribution in [0.1, 0.15) is 59.3 Å². The van der Waals surface area contributed by atoms with Crippen LogP contribution < -0.4 is 10.6 Å². The summed E-state index contributed by atoms with van der Waals surface area (Å²) in [6.07, 6.45) is 4.86. The van der Waals surface area contributed by atoms with Crippen molar-refractivity contribution >= 4 is 12.0 Å². The van der Waals surface area contributed by atoms with Gasteiger partial charge in [-0.3, -0.25) is 4.79 Å². The monoisotopic (exact) mass is 284 g/mol. The molecule has 0 saturated heterocycles. The Kier molecular flexibility index (Phi) is 6.82. The van der Waals surface area contributed by atoms with Crippen LogP contribution >= 0.6 is 0 Å². The second-order valence-corrected chi connectivity index (χ2v) is 6.02. The minimum Gasteiger partial charge on any atom is -0.481 e. The zero-order chi connectivity index (χ0) is 15.1. The predicted octanol–water partition coefficient (Wildman–Crippen LogP) is 2.75. The van der Waals surface area contributed by atoms with Gasteiger partial charge in [-0.05, 0) is 44.4 Å². The highest BCUT2D eigenvalue weighted by atomic mass is 16.4. The van der Waals surface area contributed by atoms with Gasteiger partial charge in [0.05, 0.1) is 0 Å². The fourth-order valence-corrected chi connectivity index (χ4v) is 3.09. The van der Waals surface area contributed by atoms with Crippen LogP contribution in [0.2, 0.25) is 0 Å². The molecule has 5 nitrogen and oxygen atoms in total. The highest BCUT2D eigenvalue weighted by molar-refractivity contribution is 5.74. The summed E-state index contributed by atoms with van der Waals surface area (Å²) >= 11 is 0. The summed E-state index contributed by atoms with van der Waals surface area (Å²) in [6, 6.07) is 0.153. The number of carbonyl (C=O) groups is 2. The highest BCUT2D eigenvalue weighted by Crippen LogP contribution is 2.33. The number of carboxylic acids is 1. The first-order chi connectivity index (χ1) is 9.43. The number of hydrogen-bond donors (Lipinski definition) is 3. The summed E-state index contributed by atoms with van der Waals surface area (Å²) in [6.45, 7) is 6.32. The van der Waals surface area contributed by atoms with Crippen molar-refractivity contribution in [1.82, 2.24) is 10.6 Å². The molecule has 0 bridgehead atoms. The Morgan fingerprint density at radius 2 is 2.05 bits per heavy atom. The van der Waals surface area contributed by atoms with Crippen LogP contribution in [-0.4, -0.2) is 29.2 Å². The Morgan fingerprint density at radius 1 is 1.35 bits per heavy atom. The molecular weight excluding hydrogens is 256 g/mol. The molecular formula is C15H28N2O3. The maximum absolute atomic E-state index is 11.9. The molecule has 20 heavy (non-hydrogen) atoms. The molecule has 0 aliphatic heterocycles. The summed E-state index contributed by atoms with van der Waals surface area (Å²) in [5, 5.41) is 14.5. The molecule has 3 N–H and O–H groups in total. The van der Waals surface area contributed by atoms with E-state index in [9.17, 15) is 9.59 Å². The van der Waals surface area contributed by atoms with Crippen molar-refractivity contribution in [3.8, 4) is 0 Å². The number of rotatable bonds is 7. The Balaban J connectivity index is 2.24. The fraction of sp³-hybridized carbons (Fsp3) is 0.867.